The van der Waals surface area contributed by atoms with E-state index in [1.165, 1.54) is 11.3 Å². The van der Waals surface area contributed by atoms with Crippen molar-refractivity contribution in [3.05, 3.63) is 64.2 Å². The van der Waals surface area contributed by atoms with E-state index < -0.39 is 5.91 Å². The first-order chi connectivity index (χ1) is 12.0. The van der Waals surface area contributed by atoms with Crippen molar-refractivity contribution >= 4 is 39.1 Å². The number of fused-ring (bicyclic) bond motifs is 1. The lowest BCUT2D eigenvalue weighted by atomic mass is 10.0. The monoisotopic (exact) mass is 352 g/mol. The van der Waals surface area contributed by atoms with Crippen LogP contribution in [0.5, 0.6) is 0 Å². The number of amidine groups is 1. The number of hydrogen-bond acceptors (Lipinski definition) is 5. The van der Waals surface area contributed by atoms with Gasteiger partial charge in [0.15, 0.2) is 10.8 Å². The van der Waals surface area contributed by atoms with E-state index in [1.807, 2.05) is 18.2 Å². The highest BCUT2D eigenvalue weighted by Crippen LogP contribution is 2.26. The number of primary amides is 1. The molecule has 6 nitrogen and oxygen atoms in total. The number of ketones is 1. The molecule has 0 saturated heterocycles. The molecule has 1 amide bonds. The summed E-state index contributed by atoms with van der Waals surface area (Å²) in [6.07, 6.45) is 0.811. The van der Waals surface area contributed by atoms with E-state index in [0.29, 0.717) is 28.1 Å². The number of aromatic nitrogens is 1. The van der Waals surface area contributed by atoms with E-state index in [4.69, 9.17) is 16.9 Å². The molecule has 0 aliphatic heterocycles. The third-order valence-electron chi connectivity index (χ3n) is 3.80. The number of para-hydroxylation sites is 1. The van der Waals surface area contributed by atoms with E-state index in [0.717, 1.165) is 10.3 Å². The third-order valence-corrected chi connectivity index (χ3v) is 4.86. The van der Waals surface area contributed by atoms with Gasteiger partial charge in [-0.15, -0.1) is 11.3 Å². The standard InChI is InChI=1S/C18H16N4O2S/c19-16(20)11-4-1-3-10(9-11)7-8-13(23)18-22-15-12(17(21)24)5-2-6-14(15)25-18/h1-6,9H,7-8H2,(H3,19,20)(H2,21,24). The first-order valence-corrected chi connectivity index (χ1v) is 8.43. The van der Waals surface area contributed by atoms with Crippen LogP contribution in [0.3, 0.4) is 0 Å². The number of benzene rings is 2. The number of nitrogens with one attached hydrogen (secondary N) is 1. The average molecular weight is 352 g/mol. The number of thiazole rings is 1. The summed E-state index contributed by atoms with van der Waals surface area (Å²) in [7, 11) is 0. The van der Waals surface area contributed by atoms with Crippen LogP contribution >= 0.6 is 11.3 Å². The molecule has 25 heavy (non-hydrogen) atoms. The van der Waals surface area contributed by atoms with Gasteiger partial charge in [-0.2, -0.15) is 0 Å². The number of carbonyl (C=O) groups excluding carboxylic acids is 2. The fraction of sp³-hybridized carbons (Fsp3) is 0.111. The van der Waals surface area contributed by atoms with Gasteiger partial charge in [0.25, 0.3) is 5.91 Å². The molecule has 0 spiro atoms. The number of hydrogen-bond donors (Lipinski definition) is 3. The molecule has 0 saturated carbocycles. The Morgan fingerprint density at radius 3 is 2.60 bits per heavy atom. The summed E-state index contributed by atoms with van der Waals surface area (Å²) < 4.78 is 0.762. The maximum atomic E-state index is 12.5. The summed E-state index contributed by atoms with van der Waals surface area (Å²) in [5.41, 5.74) is 13.2. The number of carbonyl (C=O) groups is 2. The van der Waals surface area contributed by atoms with Gasteiger partial charge in [-0.1, -0.05) is 24.3 Å². The second kappa shape index (κ2) is 6.82. The van der Waals surface area contributed by atoms with Crippen LogP contribution in [0.25, 0.3) is 10.2 Å². The predicted molar refractivity (Wildman–Crippen MR) is 98.2 cm³/mol. The molecule has 126 valence electrons. The lowest BCUT2D eigenvalue weighted by Gasteiger charge is -2.03. The van der Waals surface area contributed by atoms with Gasteiger partial charge < -0.3 is 11.5 Å². The molecule has 0 aliphatic rings. The lowest BCUT2D eigenvalue weighted by Crippen LogP contribution is -2.11. The number of aryl methyl sites for hydroxylation is 1. The molecule has 0 atom stereocenters. The fourth-order valence-corrected chi connectivity index (χ4v) is 3.49. The van der Waals surface area contributed by atoms with Gasteiger partial charge >= 0.3 is 0 Å². The molecule has 0 fully saturated rings. The van der Waals surface area contributed by atoms with Gasteiger partial charge in [0.1, 0.15) is 5.84 Å². The SMILES string of the molecule is N=C(N)c1cccc(CCC(=O)c2nc3c(C(N)=O)cccc3s2)c1. The molecule has 5 N–H and O–H groups in total. The smallest absolute Gasteiger partial charge is 0.250 e. The van der Waals surface area contributed by atoms with E-state index in [-0.39, 0.29) is 18.0 Å². The number of rotatable bonds is 6. The summed E-state index contributed by atoms with van der Waals surface area (Å²) in [4.78, 5) is 28.2. The van der Waals surface area contributed by atoms with Crippen LogP contribution in [0.2, 0.25) is 0 Å². The van der Waals surface area contributed by atoms with E-state index in [1.54, 1.807) is 24.3 Å². The van der Waals surface area contributed by atoms with Crippen molar-refractivity contribution in [2.75, 3.05) is 0 Å². The largest absolute Gasteiger partial charge is 0.384 e. The number of amides is 1. The van der Waals surface area contributed by atoms with E-state index >= 15 is 0 Å². The molecule has 2 aromatic carbocycles. The molecule has 0 aliphatic carbocycles. The van der Waals surface area contributed by atoms with Crippen LogP contribution in [0.1, 0.15) is 37.7 Å². The Bertz CT molecular complexity index is 994. The molecule has 0 bridgehead atoms. The molecule has 1 heterocycles. The van der Waals surface area contributed by atoms with Crippen molar-refractivity contribution < 1.29 is 9.59 Å². The topological polar surface area (TPSA) is 123 Å². The van der Waals surface area contributed by atoms with Crippen molar-refractivity contribution in [1.82, 2.24) is 4.98 Å². The molecule has 1 aromatic heterocycles. The molecular formula is C18H16N4O2S. The minimum Gasteiger partial charge on any atom is -0.384 e. The second-order valence-corrected chi connectivity index (χ2v) is 6.60. The predicted octanol–water partition coefficient (Wildman–Crippen LogP) is 2.49. The summed E-state index contributed by atoms with van der Waals surface area (Å²) in [6.45, 7) is 0. The summed E-state index contributed by atoms with van der Waals surface area (Å²) in [6, 6.07) is 12.4. The van der Waals surface area contributed by atoms with Gasteiger partial charge in [0, 0.05) is 12.0 Å². The highest BCUT2D eigenvalue weighted by molar-refractivity contribution is 7.20. The maximum absolute atomic E-state index is 12.5. The van der Waals surface area contributed by atoms with Crippen LogP contribution in [-0.4, -0.2) is 22.5 Å². The minimum atomic E-state index is -0.559. The van der Waals surface area contributed by atoms with Crippen LogP contribution in [-0.2, 0) is 6.42 Å². The van der Waals surface area contributed by atoms with Crippen molar-refractivity contribution in [3.8, 4) is 0 Å². The highest BCUT2D eigenvalue weighted by atomic mass is 32.1. The van der Waals surface area contributed by atoms with Gasteiger partial charge in [-0.05, 0) is 30.2 Å². The summed E-state index contributed by atoms with van der Waals surface area (Å²) in [5.74, 6) is -0.654. The zero-order valence-electron chi connectivity index (χ0n) is 13.3. The first-order valence-electron chi connectivity index (χ1n) is 7.61. The quantitative estimate of drug-likeness (QED) is 0.358. The number of Topliss-reactive ketones (excluding diaryl/α,β-unsaturated/α-hetero) is 1. The van der Waals surface area contributed by atoms with Crippen LogP contribution in [0.4, 0.5) is 0 Å². The number of nitrogens with two attached hydrogens (primary N) is 2. The third kappa shape index (κ3) is 3.56. The normalized spacial score (nSPS) is 10.7. The Morgan fingerprint density at radius 2 is 1.88 bits per heavy atom. The van der Waals surface area contributed by atoms with Crippen molar-refractivity contribution in [1.29, 1.82) is 5.41 Å². The van der Waals surface area contributed by atoms with Gasteiger partial charge in [0.05, 0.1) is 15.8 Å². The summed E-state index contributed by atoms with van der Waals surface area (Å²) >= 11 is 1.26. The average Bonchev–Trinajstić information content (AvgIpc) is 3.03. The lowest BCUT2D eigenvalue weighted by molar-refractivity contribution is 0.0978. The van der Waals surface area contributed by atoms with Crippen LogP contribution in [0.15, 0.2) is 42.5 Å². The Kier molecular flexibility index (Phi) is 4.58. The van der Waals surface area contributed by atoms with Crippen molar-refractivity contribution in [2.45, 2.75) is 12.8 Å². The second-order valence-electron chi connectivity index (χ2n) is 5.57. The molecule has 3 aromatic rings. The van der Waals surface area contributed by atoms with Crippen molar-refractivity contribution in [3.63, 3.8) is 0 Å². The first kappa shape index (κ1) is 16.8. The number of nitrogen functional groups attached to an aromatic ring is 1. The minimum absolute atomic E-state index is 0.00155. The van der Waals surface area contributed by atoms with Gasteiger partial charge in [-0.25, -0.2) is 4.98 Å². The fourth-order valence-electron chi connectivity index (χ4n) is 2.53. The van der Waals surface area contributed by atoms with Gasteiger partial charge in [0.2, 0.25) is 0 Å². The Morgan fingerprint density at radius 1 is 1.12 bits per heavy atom. The highest BCUT2D eigenvalue weighted by Gasteiger charge is 2.16. The Hall–Kier alpha value is -3.06. The molecule has 0 radical (unpaired) electrons. The van der Waals surface area contributed by atoms with E-state index in [2.05, 4.69) is 4.98 Å². The zero-order chi connectivity index (χ0) is 18.0. The molecular weight excluding hydrogens is 336 g/mol. The zero-order valence-corrected chi connectivity index (χ0v) is 14.1. The number of nitrogens with zero attached hydrogens (tertiary/aromatic N) is 1. The van der Waals surface area contributed by atoms with Crippen molar-refractivity contribution in [2.24, 2.45) is 11.5 Å². The van der Waals surface area contributed by atoms with Crippen LogP contribution < -0.4 is 11.5 Å². The maximum Gasteiger partial charge on any atom is 0.250 e. The van der Waals surface area contributed by atoms with E-state index in [9.17, 15) is 9.59 Å². The summed E-state index contributed by atoms with van der Waals surface area (Å²) in [5, 5.41) is 7.83. The molecule has 0 unspecified atom stereocenters. The Labute approximate surface area is 148 Å². The molecule has 3 rings (SSSR count). The van der Waals surface area contributed by atoms with Gasteiger partial charge in [-0.3, -0.25) is 15.0 Å². The Balaban J connectivity index is 1.79. The molecule has 7 heteroatoms. The van der Waals surface area contributed by atoms with Crippen LogP contribution in [0, 0.1) is 5.41 Å².